The van der Waals surface area contributed by atoms with Crippen molar-refractivity contribution in [3.8, 4) is 16.9 Å². The van der Waals surface area contributed by atoms with Gasteiger partial charge in [0.05, 0.1) is 17.1 Å². The first kappa shape index (κ1) is 29.2. The van der Waals surface area contributed by atoms with Gasteiger partial charge in [0.2, 0.25) is 0 Å². The van der Waals surface area contributed by atoms with E-state index in [1.54, 1.807) is 40.5 Å². The summed E-state index contributed by atoms with van der Waals surface area (Å²) < 4.78 is 34.7. The van der Waals surface area contributed by atoms with E-state index < -0.39 is 16.1 Å². The Kier molecular flexibility index (Phi) is 8.44. The van der Waals surface area contributed by atoms with Gasteiger partial charge in [0.1, 0.15) is 12.4 Å². The lowest BCUT2D eigenvalue weighted by molar-refractivity contribution is 0.0979. The second-order valence-electron chi connectivity index (χ2n) is 10.2. The van der Waals surface area contributed by atoms with Gasteiger partial charge in [-0.3, -0.25) is 4.79 Å². The van der Waals surface area contributed by atoms with E-state index >= 15 is 0 Å². The van der Waals surface area contributed by atoms with Gasteiger partial charge in [-0.15, -0.1) is 11.3 Å². The number of nitrogens with one attached hydrogen (secondary N) is 2. The zero-order chi connectivity index (χ0) is 30.5. The third-order valence-electron chi connectivity index (χ3n) is 7.28. The number of hydrogen-bond acceptors (Lipinski definition) is 6. The molecule has 0 spiro atoms. The van der Waals surface area contributed by atoms with Crippen LogP contribution in [0.3, 0.4) is 0 Å². The molecule has 1 aromatic heterocycles. The molecule has 10 heteroatoms. The van der Waals surface area contributed by atoms with Crippen LogP contribution in [0.15, 0.2) is 119 Å². The number of fused-ring (bicyclic) bond motifs is 2. The third kappa shape index (κ3) is 6.36. The maximum atomic E-state index is 13.8. The highest BCUT2D eigenvalue weighted by Crippen LogP contribution is 2.34. The van der Waals surface area contributed by atoms with E-state index in [0.717, 1.165) is 16.0 Å². The summed E-state index contributed by atoms with van der Waals surface area (Å²) in [6.45, 7) is 0.892. The number of anilines is 1. The van der Waals surface area contributed by atoms with Crippen LogP contribution in [0.25, 0.3) is 11.1 Å². The highest BCUT2D eigenvalue weighted by molar-refractivity contribution is 7.90. The Balaban J connectivity index is 1.21. The third-order valence-corrected chi connectivity index (χ3v) is 9.60. The first-order chi connectivity index (χ1) is 21.4. The van der Waals surface area contributed by atoms with Crippen molar-refractivity contribution >= 4 is 39.0 Å². The van der Waals surface area contributed by atoms with Crippen LogP contribution in [0.1, 0.15) is 26.4 Å². The molecule has 44 heavy (non-hydrogen) atoms. The van der Waals surface area contributed by atoms with Gasteiger partial charge in [-0.25, -0.2) is 17.9 Å². The quantitative estimate of drug-likeness (QED) is 0.209. The molecule has 0 atom stereocenters. The minimum atomic E-state index is -4.16. The molecule has 4 aromatic carbocycles. The number of urea groups is 1. The Morgan fingerprint density at radius 2 is 1.57 bits per heavy atom. The van der Waals surface area contributed by atoms with Crippen molar-refractivity contribution in [1.82, 2.24) is 10.0 Å². The average molecular weight is 624 g/mol. The molecule has 0 aliphatic carbocycles. The zero-order valence-electron chi connectivity index (χ0n) is 23.6. The van der Waals surface area contributed by atoms with Crippen molar-refractivity contribution in [3.05, 3.63) is 136 Å². The van der Waals surface area contributed by atoms with Crippen LogP contribution in [-0.4, -0.2) is 26.9 Å². The number of ether oxygens (including phenoxy) is 1. The monoisotopic (exact) mass is 623 g/mol. The number of thiophene rings is 1. The molecule has 0 radical (unpaired) electrons. The summed E-state index contributed by atoms with van der Waals surface area (Å²) >= 11 is 1.58. The molecule has 2 heterocycles. The van der Waals surface area contributed by atoms with Gasteiger partial charge >= 0.3 is 6.03 Å². The van der Waals surface area contributed by atoms with E-state index in [-0.39, 0.29) is 17.3 Å². The Labute approximate surface area is 260 Å². The van der Waals surface area contributed by atoms with Crippen LogP contribution < -0.4 is 19.7 Å². The van der Waals surface area contributed by atoms with Crippen molar-refractivity contribution in [2.24, 2.45) is 0 Å². The van der Waals surface area contributed by atoms with Gasteiger partial charge in [0.25, 0.3) is 15.9 Å². The molecule has 6 rings (SSSR count). The molecular formula is C34H29N3O5S2. The highest BCUT2D eigenvalue weighted by atomic mass is 32.2. The minimum Gasteiger partial charge on any atom is -0.487 e. The fourth-order valence-corrected chi connectivity index (χ4v) is 6.97. The van der Waals surface area contributed by atoms with E-state index in [1.165, 1.54) is 6.07 Å². The Morgan fingerprint density at radius 3 is 2.36 bits per heavy atom. The molecule has 1 aliphatic rings. The summed E-state index contributed by atoms with van der Waals surface area (Å²) in [5.41, 5.74) is 4.02. The molecule has 2 N–H and O–H groups in total. The fourth-order valence-electron chi connectivity index (χ4n) is 5.10. The smallest absolute Gasteiger partial charge is 0.328 e. The zero-order valence-corrected chi connectivity index (χ0v) is 25.2. The van der Waals surface area contributed by atoms with Crippen LogP contribution in [0.2, 0.25) is 0 Å². The lowest BCUT2D eigenvalue weighted by Crippen LogP contribution is -2.40. The molecule has 0 saturated carbocycles. The number of hydrogen-bond donors (Lipinski definition) is 2. The summed E-state index contributed by atoms with van der Waals surface area (Å²) in [6.07, 6.45) is 0.613. The van der Waals surface area contributed by atoms with Gasteiger partial charge < -0.3 is 15.0 Å². The molecule has 8 nitrogen and oxygen atoms in total. The van der Waals surface area contributed by atoms with Crippen molar-refractivity contribution in [3.63, 3.8) is 0 Å². The van der Waals surface area contributed by atoms with Gasteiger partial charge in [0, 0.05) is 28.1 Å². The van der Waals surface area contributed by atoms with Crippen LogP contribution in [0.4, 0.5) is 10.5 Å². The van der Waals surface area contributed by atoms with Crippen molar-refractivity contribution in [2.75, 3.05) is 11.4 Å². The fraction of sp³-hybridized carbons (Fsp3) is 0.118. The maximum absolute atomic E-state index is 13.8. The van der Waals surface area contributed by atoms with Crippen molar-refractivity contribution in [1.29, 1.82) is 0 Å². The molecule has 0 bridgehead atoms. The molecule has 5 aromatic rings. The summed E-state index contributed by atoms with van der Waals surface area (Å²) in [4.78, 5) is 29.0. The topological polar surface area (TPSA) is 105 Å². The summed E-state index contributed by atoms with van der Waals surface area (Å²) in [5, 5.41) is 4.56. The minimum absolute atomic E-state index is 0.0113. The number of sulfonamides is 1. The van der Waals surface area contributed by atoms with Crippen LogP contribution in [0, 0.1) is 0 Å². The lowest BCUT2D eigenvalue weighted by Gasteiger charge is -2.28. The molecule has 0 unspecified atom stereocenters. The molecule has 0 saturated heterocycles. The molecule has 1 aliphatic heterocycles. The predicted molar refractivity (Wildman–Crippen MR) is 171 cm³/mol. The number of rotatable bonds is 8. The summed E-state index contributed by atoms with van der Waals surface area (Å²) in [5.74, 6) is 0.491. The largest absolute Gasteiger partial charge is 0.487 e. The first-order valence-electron chi connectivity index (χ1n) is 14.0. The predicted octanol–water partition coefficient (Wildman–Crippen LogP) is 6.39. The number of benzene rings is 4. The standard InChI is InChI=1S/C34H29N3O5S2/c38-33-29-11-2-1-8-26(29)23-42-31-13-5-4-12-30(31)37(33)22-24-15-17-25(18-16-24)28-10-3-6-14-32(28)44(40,41)36-34(39)35-20-19-27-9-7-21-43-27/h1-18,21H,19-20,22-23H2,(H2,35,36,39). The molecule has 3 amide bonds. The van der Waals surface area contributed by atoms with E-state index in [1.807, 2.05) is 84.2 Å². The van der Waals surface area contributed by atoms with Gasteiger partial charge in [-0.2, -0.15) is 0 Å². The number of carbonyl (C=O) groups is 2. The SMILES string of the molecule is O=C(NCCc1cccs1)NS(=O)(=O)c1ccccc1-c1ccc(CN2C(=O)c3ccccc3COc3ccccc32)cc1. The summed E-state index contributed by atoms with van der Waals surface area (Å²) in [7, 11) is -4.16. The van der Waals surface area contributed by atoms with E-state index in [0.29, 0.717) is 47.7 Å². The van der Waals surface area contributed by atoms with Crippen LogP contribution >= 0.6 is 11.3 Å². The summed E-state index contributed by atoms with van der Waals surface area (Å²) in [6, 6.07) is 31.9. The Hall–Kier alpha value is -4.93. The average Bonchev–Trinajstić information content (AvgIpc) is 3.56. The van der Waals surface area contributed by atoms with Crippen LogP contribution in [-0.2, 0) is 29.6 Å². The highest BCUT2D eigenvalue weighted by Gasteiger charge is 2.26. The normalized spacial score (nSPS) is 12.7. The second kappa shape index (κ2) is 12.7. The Bertz CT molecular complexity index is 1910. The van der Waals surface area contributed by atoms with Crippen molar-refractivity contribution < 1.29 is 22.7 Å². The number of nitrogens with zero attached hydrogens (tertiary/aromatic N) is 1. The van der Waals surface area contributed by atoms with Gasteiger partial charge in [0.15, 0.2) is 0 Å². The van der Waals surface area contributed by atoms with E-state index in [2.05, 4.69) is 10.0 Å². The number of carbonyl (C=O) groups excluding carboxylic acids is 2. The maximum Gasteiger partial charge on any atom is 0.328 e. The molecule has 0 fully saturated rings. The molecule has 222 valence electrons. The number of para-hydroxylation sites is 2. The van der Waals surface area contributed by atoms with Gasteiger partial charge in [-0.05, 0) is 53.3 Å². The first-order valence-corrected chi connectivity index (χ1v) is 16.4. The van der Waals surface area contributed by atoms with E-state index in [4.69, 9.17) is 4.74 Å². The lowest BCUT2D eigenvalue weighted by atomic mass is 10.0. The number of amides is 3. The van der Waals surface area contributed by atoms with Crippen molar-refractivity contribution in [2.45, 2.75) is 24.5 Å². The van der Waals surface area contributed by atoms with Crippen LogP contribution in [0.5, 0.6) is 5.75 Å². The molecular weight excluding hydrogens is 595 g/mol. The Morgan fingerprint density at radius 1 is 0.841 bits per heavy atom. The second-order valence-corrected chi connectivity index (χ2v) is 12.9. The van der Waals surface area contributed by atoms with Gasteiger partial charge in [-0.1, -0.05) is 78.9 Å². The van der Waals surface area contributed by atoms with E-state index in [9.17, 15) is 18.0 Å².